The Hall–Kier alpha value is -3.24. The summed E-state index contributed by atoms with van der Waals surface area (Å²) < 4.78 is 0. The molecule has 0 aliphatic rings. The third kappa shape index (κ3) is 4.23. The zero-order valence-electron chi connectivity index (χ0n) is 13.8. The van der Waals surface area contributed by atoms with Crippen molar-refractivity contribution in [3.63, 3.8) is 0 Å². The highest BCUT2D eigenvalue weighted by Crippen LogP contribution is 2.17. The predicted octanol–water partition coefficient (Wildman–Crippen LogP) is 2.94. The molecule has 0 aliphatic carbocycles. The fourth-order valence-electron chi connectivity index (χ4n) is 2.40. The molecule has 0 saturated heterocycles. The first-order valence-corrected chi connectivity index (χ1v) is 8.31. The monoisotopic (exact) mass is 366 g/mol. The zero-order valence-corrected chi connectivity index (χ0v) is 14.5. The number of hydrogen-bond donors (Lipinski definition) is 0. The van der Waals surface area contributed by atoms with Gasteiger partial charge in [-0.15, -0.1) is 10.2 Å². The van der Waals surface area contributed by atoms with E-state index in [1.807, 2.05) is 30.3 Å². The van der Waals surface area contributed by atoms with E-state index < -0.39 is 0 Å². The van der Waals surface area contributed by atoms with Gasteiger partial charge in [0.25, 0.3) is 5.91 Å². The average molecular weight is 367 g/mol. The van der Waals surface area contributed by atoms with Crippen molar-refractivity contribution in [1.29, 1.82) is 5.26 Å². The highest BCUT2D eigenvalue weighted by Gasteiger charge is 2.17. The van der Waals surface area contributed by atoms with Gasteiger partial charge in [-0.2, -0.15) is 10.1 Å². The summed E-state index contributed by atoms with van der Waals surface area (Å²) in [5, 5.41) is 21.6. The number of amides is 1. The summed E-state index contributed by atoms with van der Waals surface area (Å²) in [4.78, 5) is 15.5. The van der Waals surface area contributed by atoms with Crippen molar-refractivity contribution < 1.29 is 4.79 Å². The van der Waals surface area contributed by atoms with E-state index >= 15 is 0 Å². The van der Waals surface area contributed by atoms with Crippen LogP contribution < -0.4 is 4.90 Å². The molecule has 1 amide bonds. The Morgan fingerprint density at radius 3 is 2.58 bits per heavy atom. The summed E-state index contributed by atoms with van der Waals surface area (Å²) in [5.74, 6) is 0.198. The molecule has 2 aromatic carbocycles. The van der Waals surface area contributed by atoms with Crippen LogP contribution >= 0.6 is 11.6 Å². The van der Waals surface area contributed by atoms with E-state index in [4.69, 9.17) is 16.9 Å². The maximum atomic E-state index is 12.7. The van der Waals surface area contributed by atoms with Crippen molar-refractivity contribution in [3.8, 4) is 17.5 Å². The minimum Gasteiger partial charge on any atom is -0.310 e. The highest BCUT2D eigenvalue weighted by molar-refractivity contribution is 6.30. The molecule has 130 valence electrons. The number of benzene rings is 2. The number of para-hydroxylation sites is 1. The highest BCUT2D eigenvalue weighted by atomic mass is 35.5. The Bertz CT molecular complexity index is 917. The van der Waals surface area contributed by atoms with E-state index in [0.717, 1.165) is 11.3 Å². The van der Waals surface area contributed by atoms with Crippen LogP contribution in [-0.4, -0.2) is 32.7 Å². The average Bonchev–Trinajstić information content (AvgIpc) is 3.12. The zero-order chi connectivity index (χ0) is 18.4. The Morgan fingerprint density at radius 1 is 1.15 bits per heavy atom. The summed E-state index contributed by atoms with van der Waals surface area (Å²) in [7, 11) is 0. The van der Waals surface area contributed by atoms with Crippen LogP contribution in [0.1, 0.15) is 6.42 Å². The molecule has 1 heterocycles. The van der Waals surface area contributed by atoms with Crippen LogP contribution in [0.4, 0.5) is 5.69 Å². The molecule has 0 unspecified atom stereocenters. The van der Waals surface area contributed by atoms with E-state index in [1.54, 1.807) is 29.2 Å². The summed E-state index contributed by atoms with van der Waals surface area (Å²) >= 11 is 5.87. The first-order chi connectivity index (χ1) is 12.7. The molecule has 8 heteroatoms. The fraction of sp³-hybridized carbons (Fsp3) is 0.167. The molecule has 0 saturated carbocycles. The molecule has 0 N–H and O–H groups in total. The van der Waals surface area contributed by atoms with E-state index in [1.165, 1.54) is 4.80 Å². The van der Waals surface area contributed by atoms with Crippen LogP contribution in [0.15, 0.2) is 54.6 Å². The second kappa shape index (κ2) is 8.23. The summed E-state index contributed by atoms with van der Waals surface area (Å²) in [6, 6.07) is 18.3. The van der Waals surface area contributed by atoms with Gasteiger partial charge in [0.2, 0.25) is 5.82 Å². The Balaban J connectivity index is 1.75. The lowest BCUT2D eigenvalue weighted by atomic mass is 10.2. The van der Waals surface area contributed by atoms with Gasteiger partial charge in [-0.3, -0.25) is 4.79 Å². The SMILES string of the molecule is N#CCCN(C(=O)Cn1nnc(-c2ccc(Cl)cc2)n1)c1ccccc1. The number of halogens is 1. The smallest absolute Gasteiger partial charge is 0.250 e. The largest absolute Gasteiger partial charge is 0.310 e. The number of aromatic nitrogens is 4. The summed E-state index contributed by atoms with van der Waals surface area (Å²) in [6.07, 6.45) is 0.238. The van der Waals surface area contributed by atoms with E-state index in [0.29, 0.717) is 17.4 Å². The van der Waals surface area contributed by atoms with Crippen LogP contribution in [0.3, 0.4) is 0 Å². The van der Waals surface area contributed by atoms with Gasteiger partial charge in [-0.1, -0.05) is 29.8 Å². The molecule has 26 heavy (non-hydrogen) atoms. The lowest BCUT2D eigenvalue weighted by Crippen LogP contribution is -2.35. The van der Waals surface area contributed by atoms with Crippen molar-refractivity contribution in [2.24, 2.45) is 0 Å². The third-order valence-corrected chi connectivity index (χ3v) is 3.90. The number of nitriles is 1. The number of carbonyl (C=O) groups excluding carboxylic acids is 1. The lowest BCUT2D eigenvalue weighted by Gasteiger charge is -2.21. The van der Waals surface area contributed by atoms with Gasteiger partial charge in [0.15, 0.2) is 0 Å². The summed E-state index contributed by atoms with van der Waals surface area (Å²) in [6.45, 7) is 0.235. The maximum Gasteiger partial charge on any atom is 0.250 e. The molecular weight excluding hydrogens is 352 g/mol. The molecule has 0 fully saturated rings. The Labute approximate surface area is 155 Å². The molecule has 0 bridgehead atoms. The number of tetrazole rings is 1. The van der Waals surface area contributed by atoms with Gasteiger partial charge < -0.3 is 4.90 Å². The van der Waals surface area contributed by atoms with Crippen molar-refractivity contribution in [3.05, 3.63) is 59.6 Å². The Morgan fingerprint density at radius 2 is 1.88 bits per heavy atom. The molecular formula is C18H15ClN6O. The maximum absolute atomic E-state index is 12.7. The van der Waals surface area contributed by atoms with E-state index in [2.05, 4.69) is 21.5 Å². The number of anilines is 1. The molecule has 1 aromatic heterocycles. The number of hydrogen-bond acceptors (Lipinski definition) is 5. The second-order valence-electron chi connectivity index (χ2n) is 5.44. The van der Waals surface area contributed by atoms with Crippen LogP contribution in [0.5, 0.6) is 0 Å². The van der Waals surface area contributed by atoms with Crippen LogP contribution in [0, 0.1) is 11.3 Å². The molecule has 0 aliphatic heterocycles. The molecule has 3 rings (SSSR count). The minimum absolute atomic E-state index is 0.0685. The topological polar surface area (TPSA) is 87.7 Å². The van der Waals surface area contributed by atoms with Gasteiger partial charge in [0.05, 0.1) is 12.5 Å². The van der Waals surface area contributed by atoms with Gasteiger partial charge in [0.1, 0.15) is 6.54 Å². The van der Waals surface area contributed by atoms with Crippen molar-refractivity contribution in [2.75, 3.05) is 11.4 Å². The molecule has 3 aromatic rings. The second-order valence-corrected chi connectivity index (χ2v) is 5.88. The molecule has 7 nitrogen and oxygen atoms in total. The lowest BCUT2D eigenvalue weighted by molar-refractivity contribution is -0.119. The first-order valence-electron chi connectivity index (χ1n) is 7.93. The quantitative estimate of drug-likeness (QED) is 0.669. The van der Waals surface area contributed by atoms with Crippen LogP contribution in [0.25, 0.3) is 11.4 Å². The van der Waals surface area contributed by atoms with Crippen molar-refractivity contribution in [1.82, 2.24) is 20.2 Å². The minimum atomic E-state index is -0.216. The molecule has 0 spiro atoms. The Kier molecular flexibility index (Phi) is 5.56. The molecule has 0 atom stereocenters. The van der Waals surface area contributed by atoms with Crippen molar-refractivity contribution in [2.45, 2.75) is 13.0 Å². The van der Waals surface area contributed by atoms with Crippen LogP contribution in [-0.2, 0) is 11.3 Å². The van der Waals surface area contributed by atoms with E-state index in [-0.39, 0.29) is 18.9 Å². The molecule has 0 radical (unpaired) electrons. The van der Waals surface area contributed by atoms with Crippen LogP contribution in [0.2, 0.25) is 5.02 Å². The van der Waals surface area contributed by atoms with Crippen molar-refractivity contribution >= 4 is 23.2 Å². The fourth-order valence-corrected chi connectivity index (χ4v) is 2.52. The number of nitrogens with zero attached hydrogens (tertiary/aromatic N) is 6. The number of carbonyl (C=O) groups is 1. The first kappa shape index (κ1) is 17.6. The van der Waals surface area contributed by atoms with Gasteiger partial charge in [0, 0.05) is 22.8 Å². The van der Waals surface area contributed by atoms with Gasteiger partial charge in [-0.25, -0.2) is 0 Å². The van der Waals surface area contributed by atoms with Gasteiger partial charge >= 0.3 is 0 Å². The summed E-state index contributed by atoms with van der Waals surface area (Å²) in [5.41, 5.74) is 1.49. The standard InChI is InChI=1S/C18H15ClN6O/c19-15-9-7-14(8-10-15)18-21-23-25(22-18)13-17(26)24(12-4-11-20)16-5-2-1-3-6-16/h1-3,5-10H,4,12-13H2. The number of rotatable bonds is 6. The third-order valence-electron chi connectivity index (χ3n) is 3.65. The van der Waals surface area contributed by atoms with E-state index in [9.17, 15) is 4.79 Å². The van der Waals surface area contributed by atoms with Gasteiger partial charge in [-0.05, 0) is 41.6 Å². The predicted molar refractivity (Wildman–Crippen MR) is 97.3 cm³/mol. The normalized spacial score (nSPS) is 10.3.